The van der Waals surface area contributed by atoms with Crippen LogP contribution in [0.15, 0.2) is 24.3 Å². The number of fused-ring (bicyclic) bond motifs is 1. The van der Waals surface area contributed by atoms with Crippen LogP contribution in [0.1, 0.15) is 12.0 Å². The van der Waals surface area contributed by atoms with E-state index in [0.717, 1.165) is 11.3 Å². The highest BCUT2D eigenvalue weighted by Crippen LogP contribution is 2.19. The highest BCUT2D eigenvalue weighted by molar-refractivity contribution is 6.41. The quantitative estimate of drug-likeness (QED) is 0.601. The third-order valence-electron chi connectivity index (χ3n) is 2.14. The van der Waals surface area contributed by atoms with E-state index in [0.29, 0.717) is 12.8 Å². The standard InChI is InChI=1S/C10H9NO2/c12-9-6-5-7-3-1-2-4-8(7)11-10(9)13/h1-4H,5-6H2,(H,11,13). The lowest BCUT2D eigenvalue weighted by Crippen LogP contribution is -2.20. The lowest BCUT2D eigenvalue weighted by Gasteiger charge is -2.03. The van der Waals surface area contributed by atoms with E-state index in [1.807, 2.05) is 24.3 Å². The summed E-state index contributed by atoms with van der Waals surface area (Å²) in [7, 11) is 0. The Bertz CT molecular complexity index is 371. The number of aryl methyl sites for hydroxylation is 1. The fraction of sp³-hybridized carbons (Fsp3) is 0.200. The molecule has 0 aromatic heterocycles. The van der Waals surface area contributed by atoms with E-state index in [-0.39, 0.29) is 5.78 Å². The number of carbonyl (C=O) groups is 2. The van der Waals surface area contributed by atoms with Crippen molar-refractivity contribution in [2.75, 3.05) is 5.32 Å². The van der Waals surface area contributed by atoms with Crippen molar-refractivity contribution < 1.29 is 9.59 Å². The first-order chi connectivity index (χ1) is 6.27. The Kier molecular flexibility index (Phi) is 1.85. The minimum absolute atomic E-state index is 0.308. The van der Waals surface area contributed by atoms with Crippen molar-refractivity contribution in [2.45, 2.75) is 12.8 Å². The van der Waals surface area contributed by atoms with Gasteiger partial charge in [0, 0.05) is 12.1 Å². The molecule has 3 heteroatoms. The second kappa shape index (κ2) is 3.01. The van der Waals surface area contributed by atoms with E-state index >= 15 is 0 Å². The molecule has 1 amide bonds. The van der Waals surface area contributed by atoms with Gasteiger partial charge in [-0.05, 0) is 18.1 Å². The monoisotopic (exact) mass is 175 g/mol. The molecule has 0 unspecified atom stereocenters. The van der Waals surface area contributed by atoms with Crippen LogP contribution in [0.25, 0.3) is 0 Å². The van der Waals surface area contributed by atoms with Gasteiger partial charge in [0.25, 0.3) is 5.91 Å². The highest BCUT2D eigenvalue weighted by Gasteiger charge is 2.19. The molecule has 3 nitrogen and oxygen atoms in total. The molecule has 13 heavy (non-hydrogen) atoms. The second-order valence-electron chi connectivity index (χ2n) is 3.03. The largest absolute Gasteiger partial charge is 0.319 e. The van der Waals surface area contributed by atoms with Crippen molar-refractivity contribution in [1.29, 1.82) is 0 Å². The van der Waals surface area contributed by atoms with Gasteiger partial charge in [-0.3, -0.25) is 9.59 Å². The van der Waals surface area contributed by atoms with Crippen molar-refractivity contribution in [3.05, 3.63) is 29.8 Å². The topological polar surface area (TPSA) is 46.2 Å². The van der Waals surface area contributed by atoms with E-state index in [1.54, 1.807) is 0 Å². The fourth-order valence-electron chi connectivity index (χ4n) is 1.41. The number of carbonyl (C=O) groups excluding carboxylic acids is 2. The van der Waals surface area contributed by atoms with Crippen molar-refractivity contribution in [2.24, 2.45) is 0 Å². The van der Waals surface area contributed by atoms with Gasteiger partial charge in [-0.25, -0.2) is 0 Å². The molecule has 0 spiro atoms. The Hall–Kier alpha value is -1.64. The molecule has 0 aliphatic carbocycles. The molecule has 0 fully saturated rings. The highest BCUT2D eigenvalue weighted by atomic mass is 16.2. The number of amides is 1. The van der Waals surface area contributed by atoms with Crippen LogP contribution in [0.3, 0.4) is 0 Å². The molecule has 0 atom stereocenters. The number of rotatable bonds is 0. The molecule has 1 aliphatic heterocycles. The molecule has 66 valence electrons. The number of ketones is 1. The number of benzene rings is 1. The molecule has 0 bridgehead atoms. The van der Waals surface area contributed by atoms with Crippen LogP contribution in [0.5, 0.6) is 0 Å². The molecule has 1 heterocycles. The van der Waals surface area contributed by atoms with Crippen molar-refractivity contribution in [3.63, 3.8) is 0 Å². The van der Waals surface area contributed by atoms with Crippen LogP contribution in [-0.2, 0) is 16.0 Å². The van der Waals surface area contributed by atoms with Gasteiger partial charge >= 0.3 is 0 Å². The van der Waals surface area contributed by atoms with E-state index in [1.165, 1.54) is 0 Å². The van der Waals surface area contributed by atoms with E-state index in [9.17, 15) is 9.59 Å². The number of Topliss-reactive ketones (excluding diaryl/α,β-unsaturated/α-hetero) is 1. The molecule has 1 aromatic carbocycles. The predicted octanol–water partition coefficient (Wildman–Crippen LogP) is 1.14. The number of hydrogen-bond acceptors (Lipinski definition) is 2. The Balaban J connectivity index is 2.40. The smallest absolute Gasteiger partial charge is 0.291 e. The van der Waals surface area contributed by atoms with E-state index in [2.05, 4.69) is 5.32 Å². The summed E-state index contributed by atoms with van der Waals surface area (Å²) < 4.78 is 0. The summed E-state index contributed by atoms with van der Waals surface area (Å²) >= 11 is 0. The Labute approximate surface area is 75.8 Å². The Morgan fingerprint density at radius 3 is 2.69 bits per heavy atom. The maximum Gasteiger partial charge on any atom is 0.291 e. The minimum Gasteiger partial charge on any atom is -0.319 e. The van der Waals surface area contributed by atoms with Crippen LogP contribution < -0.4 is 5.32 Å². The van der Waals surface area contributed by atoms with E-state index < -0.39 is 5.91 Å². The third kappa shape index (κ3) is 1.45. The Morgan fingerprint density at radius 1 is 1.08 bits per heavy atom. The summed E-state index contributed by atoms with van der Waals surface area (Å²) in [4.78, 5) is 22.2. The minimum atomic E-state index is -0.495. The lowest BCUT2D eigenvalue weighted by molar-refractivity contribution is -0.134. The van der Waals surface area contributed by atoms with Crippen molar-refractivity contribution >= 4 is 17.4 Å². The first-order valence-electron chi connectivity index (χ1n) is 4.19. The molecular weight excluding hydrogens is 166 g/mol. The molecule has 0 saturated carbocycles. The second-order valence-corrected chi connectivity index (χ2v) is 3.03. The van der Waals surface area contributed by atoms with Gasteiger partial charge in [0.1, 0.15) is 0 Å². The molecule has 0 saturated heterocycles. The van der Waals surface area contributed by atoms with Gasteiger partial charge in [-0.1, -0.05) is 18.2 Å². The number of anilines is 1. The van der Waals surface area contributed by atoms with Gasteiger partial charge in [0.05, 0.1) is 0 Å². The number of para-hydroxylation sites is 1. The van der Waals surface area contributed by atoms with Gasteiger partial charge in [0.15, 0.2) is 0 Å². The van der Waals surface area contributed by atoms with Crippen molar-refractivity contribution in [1.82, 2.24) is 0 Å². The molecule has 0 radical (unpaired) electrons. The van der Waals surface area contributed by atoms with Crippen LogP contribution in [-0.4, -0.2) is 11.7 Å². The zero-order chi connectivity index (χ0) is 9.26. The maximum atomic E-state index is 11.1. The summed E-state index contributed by atoms with van der Waals surface area (Å²) in [6.45, 7) is 0. The summed E-state index contributed by atoms with van der Waals surface area (Å²) in [5.41, 5.74) is 1.79. The molecule has 2 rings (SSSR count). The van der Waals surface area contributed by atoms with Gasteiger partial charge in [0.2, 0.25) is 5.78 Å². The summed E-state index contributed by atoms with van der Waals surface area (Å²) in [5, 5.41) is 2.58. The lowest BCUT2D eigenvalue weighted by atomic mass is 10.1. The number of nitrogens with one attached hydrogen (secondary N) is 1. The summed E-state index contributed by atoms with van der Waals surface area (Å²) in [5.74, 6) is -0.832. The molecule has 1 aliphatic rings. The van der Waals surface area contributed by atoms with Crippen LogP contribution in [0.2, 0.25) is 0 Å². The zero-order valence-corrected chi connectivity index (χ0v) is 7.04. The van der Waals surface area contributed by atoms with E-state index in [4.69, 9.17) is 0 Å². The third-order valence-corrected chi connectivity index (χ3v) is 2.14. The average molecular weight is 175 g/mol. The normalized spacial score (nSPS) is 16.0. The van der Waals surface area contributed by atoms with Gasteiger partial charge in [-0.2, -0.15) is 0 Å². The van der Waals surface area contributed by atoms with Gasteiger partial charge < -0.3 is 5.32 Å². The maximum absolute atomic E-state index is 11.1. The summed E-state index contributed by atoms with van der Waals surface area (Å²) in [6.07, 6.45) is 0.955. The fourth-order valence-corrected chi connectivity index (χ4v) is 1.41. The Morgan fingerprint density at radius 2 is 1.85 bits per heavy atom. The van der Waals surface area contributed by atoms with Gasteiger partial charge in [-0.15, -0.1) is 0 Å². The van der Waals surface area contributed by atoms with Crippen molar-refractivity contribution in [3.8, 4) is 0 Å². The van der Waals surface area contributed by atoms with Crippen LogP contribution >= 0.6 is 0 Å². The van der Waals surface area contributed by atoms with Crippen LogP contribution in [0, 0.1) is 0 Å². The molecule has 1 N–H and O–H groups in total. The first-order valence-corrected chi connectivity index (χ1v) is 4.19. The molecular formula is C10H9NO2. The molecule has 1 aromatic rings. The SMILES string of the molecule is O=C1CCc2ccccc2NC1=O. The first kappa shape index (κ1) is 7.98. The zero-order valence-electron chi connectivity index (χ0n) is 7.04. The number of hydrogen-bond donors (Lipinski definition) is 1. The summed E-state index contributed by atoms with van der Waals surface area (Å²) in [6, 6.07) is 7.48. The predicted molar refractivity (Wildman–Crippen MR) is 48.4 cm³/mol. The van der Waals surface area contributed by atoms with Crippen LogP contribution in [0.4, 0.5) is 5.69 Å². The average Bonchev–Trinajstić information content (AvgIpc) is 2.28.